The normalized spacial score (nSPS) is 17.9. The zero-order valence-electron chi connectivity index (χ0n) is 14.8. The van der Waals surface area contributed by atoms with Crippen LogP contribution in [0.4, 0.5) is 0 Å². The van der Waals surface area contributed by atoms with Gasteiger partial charge in [0.1, 0.15) is 0 Å². The smallest absolute Gasteiger partial charge is 0.251 e. The molecule has 1 saturated heterocycles. The van der Waals surface area contributed by atoms with E-state index in [0.29, 0.717) is 19.8 Å². The SMILES string of the molecule is CCC(C)(CCCNC(=O)c1ccc(C)c(C)c1)C1OCCO1. The highest BCUT2D eigenvalue weighted by molar-refractivity contribution is 5.94. The van der Waals surface area contributed by atoms with E-state index in [1.165, 1.54) is 5.56 Å². The van der Waals surface area contributed by atoms with Crippen molar-refractivity contribution in [2.24, 2.45) is 5.41 Å². The van der Waals surface area contributed by atoms with E-state index in [2.05, 4.69) is 26.1 Å². The van der Waals surface area contributed by atoms with Gasteiger partial charge in [-0.15, -0.1) is 0 Å². The third-order valence-electron chi connectivity index (χ3n) is 4.98. The molecule has 0 spiro atoms. The summed E-state index contributed by atoms with van der Waals surface area (Å²) < 4.78 is 11.3. The fourth-order valence-corrected chi connectivity index (χ4v) is 2.90. The number of benzene rings is 1. The van der Waals surface area contributed by atoms with E-state index in [9.17, 15) is 4.79 Å². The molecule has 1 amide bonds. The number of nitrogens with one attached hydrogen (secondary N) is 1. The summed E-state index contributed by atoms with van der Waals surface area (Å²) in [5.74, 6) is -0.000307. The summed E-state index contributed by atoms with van der Waals surface area (Å²) in [7, 11) is 0. The Morgan fingerprint density at radius 2 is 1.96 bits per heavy atom. The van der Waals surface area contributed by atoms with E-state index in [1.54, 1.807) is 0 Å². The van der Waals surface area contributed by atoms with Gasteiger partial charge in [0.15, 0.2) is 6.29 Å². The van der Waals surface area contributed by atoms with Gasteiger partial charge < -0.3 is 14.8 Å². The maximum Gasteiger partial charge on any atom is 0.251 e. The van der Waals surface area contributed by atoms with E-state index < -0.39 is 0 Å². The molecule has 1 N–H and O–H groups in total. The summed E-state index contributed by atoms with van der Waals surface area (Å²) in [6.07, 6.45) is 2.79. The van der Waals surface area contributed by atoms with Crippen LogP contribution in [0, 0.1) is 19.3 Å². The first kappa shape index (κ1) is 18.0. The Morgan fingerprint density at radius 1 is 1.26 bits per heavy atom. The van der Waals surface area contributed by atoms with Crippen molar-refractivity contribution < 1.29 is 14.3 Å². The Morgan fingerprint density at radius 3 is 2.57 bits per heavy atom. The average molecular weight is 319 g/mol. The lowest BCUT2D eigenvalue weighted by atomic mass is 9.82. The Hall–Kier alpha value is -1.39. The third-order valence-corrected chi connectivity index (χ3v) is 4.98. The predicted molar refractivity (Wildman–Crippen MR) is 91.6 cm³/mol. The van der Waals surface area contributed by atoms with Gasteiger partial charge in [0.05, 0.1) is 13.2 Å². The summed E-state index contributed by atoms with van der Waals surface area (Å²) in [5.41, 5.74) is 3.10. The first-order valence-corrected chi connectivity index (χ1v) is 8.55. The van der Waals surface area contributed by atoms with Crippen molar-refractivity contribution in [3.8, 4) is 0 Å². The topological polar surface area (TPSA) is 47.6 Å². The molecule has 0 aliphatic carbocycles. The molecule has 0 radical (unpaired) electrons. The largest absolute Gasteiger partial charge is 0.352 e. The van der Waals surface area contributed by atoms with Gasteiger partial charge in [0, 0.05) is 17.5 Å². The summed E-state index contributed by atoms with van der Waals surface area (Å²) in [5, 5.41) is 3.01. The standard InChI is InChI=1S/C19H29NO3/c1-5-19(4,18-22-11-12-23-18)9-6-10-20-17(21)16-8-7-14(2)15(3)13-16/h7-8,13,18H,5-6,9-12H2,1-4H3,(H,20,21). The van der Waals surface area contributed by atoms with Gasteiger partial charge in [-0.1, -0.05) is 19.9 Å². The van der Waals surface area contributed by atoms with Crippen LogP contribution in [0.5, 0.6) is 0 Å². The number of hydrogen-bond donors (Lipinski definition) is 1. The number of hydrogen-bond acceptors (Lipinski definition) is 3. The van der Waals surface area contributed by atoms with Gasteiger partial charge in [-0.05, 0) is 56.4 Å². The molecule has 1 aliphatic rings. The number of carbonyl (C=O) groups excluding carboxylic acids is 1. The highest BCUT2D eigenvalue weighted by atomic mass is 16.7. The predicted octanol–water partition coefficient (Wildman–Crippen LogP) is 3.60. The van der Waals surface area contributed by atoms with Gasteiger partial charge >= 0.3 is 0 Å². The van der Waals surface area contributed by atoms with Crippen molar-refractivity contribution >= 4 is 5.91 Å². The minimum atomic E-state index is -0.108. The lowest BCUT2D eigenvalue weighted by Gasteiger charge is -2.33. The van der Waals surface area contributed by atoms with E-state index in [-0.39, 0.29) is 17.6 Å². The van der Waals surface area contributed by atoms with Crippen LogP contribution in [0.2, 0.25) is 0 Å². The van der Waals surface area contributed by atoms with E-state index >= 15 is 0 Å². The quantitative estimate of drug-likeness (QED) is 0.781. The molecule has 0 aromatic heterocycles. The number of rotatable bonds is 7. The molecule has 4 nitrogen and oxygen atoms in total. The lowest BCUT2D eigenvalue weighted by molar-refractivity contribution is -0.131. The van der Waals surface area contributed by atoms with Crippen LogP contribution in [0.3, 0.4) is 0 Å². The molecule has 1 heterocycles. The van der Waals surface area contributed by atoms with Crippen molar-refractivity contribution in [2.75, 3.05) is 19.8 Å². The third kappa shape index (κ3) is 4.55. The molecular formula is C19H29NO3. The van der Waals surface area contributed by atoms with E-state index in [1.807, 2.05) is 25.1 Å². The Balaban J connectivity index is 1.79. The Labute approximate surface area is 139 Å². The van der Waals surface area contributed by atoms with Gasteiger partial charge in [-0.2, -0.15) is 0 Å². The minimum absolute atomic E-state index is 0.000307. The lowest BCUT2D eigenvalue weighted by Crippen LogP contribution is -2.34. The molecule has 2 rings (SSSR count). The Bertz CT molecular complexity index is 537. The van der Waals surface area contributed by atoms with Gasteiger partial charge in [0.25, 0.3) is 5.91 Å². The van der Waals surface area contributed by atoms with Gasteiger partial charge in [0.2, 0.25) is 0 Å². The highest BCUT2D eigenvalue weighted by Crippen LogP contribution is 2.35. The molecule has 1 aromatic rings. The molecule has 0 saturated carbocycles. The van der Waals surface area contributed by atoms with Gasteiger partial charge in [-0.25, -0.2) is 0 Å². The number of ether oxygens (including phenoxy) is 2. The van der Waals surface area contributed by atoms with Crippen molar-refractivity contribution in [1.29, 1.82) is 0 Å². The molecule has 23 heavy (non-hydrogen) atoms. The zero-order valence-corrected chi connectivity index (χ0v) is 14.8. The van der Waals surface area contributed by atoms with Crippen molar-refractivity contribution in [1.82, 2.24) is 5.32 Å². The maximum atomic E-state index is 12.2. The number of amides is 1. The summed E-state index contributed by atoms with van der Waals surface area (Å²) >= 11 is 0. The highest BCUT2D eigenvalue weighted by Gasteiger charge is 2.36. The Kier molecular flexibility index (Phi) is 6.19. The van der Waals surface area contributed by atoms with Crippen LogP contribution in [-0.4, -0.2) is 32.0 Å². The molecular weight excluding hydrogens is 290 g/mol. The molecule has 1 aromatic carbocycles. The van der Waals surface area contributed by atoms with Crippen molar-refractivity contribution in [2.45, 2.75) is 53.2 Å². The monoisotopic (exact) mass is 319 g/mol. The molecule has 4 heteroatoms. The average Bonchev–Trinajstić information content (AvgIpc) is 3.09. The molecule has 1 fully saturated rings. The number of aryl methyl sites for hydroxylation is 2. The summed E-state index contributed by atoms with van der Waals surface area (Å²) in [6, 6.07) is 5.82. The fraction of sp³-hybridized carbons (Fsp3) is 0.632. The summed E-state index contributed by atoms with van der Waals surface area (Å²) in [6.45, 7) is 10.5. The van der Waals surface area contributed by atoms with Gasteiger partial charge in [-0.3, -0.25) is 4.79 Å². The second kappa shape index (κ2) is 7.93. The first-order chi connectivity index (χ1) is 11.0. The molecule has 128 valence electrons. The first-order valence-electron chi connectivity index (χ1n) is 8.55. The second-order valence-corrected chi connectivity index (χ2v) is 6.74. The maximum absolute atomic E-state index is 12.2. The fourth-order valence-electron chi connectivity index (χ4n) is 2.90. The zero-order chi connectivity index (χ0) is 16.9. The molecule has 0 bridgehead atoms. The van der Waals surface area contributed by atoms with E-state index in [0.717, 1.165) is 30.4 Å². The number of carbonyl (C=O) groups is 1. The van der Waals surface area contributed by atoms with Crippen LogP contribution in [0.1, 0.15) is 54.6 Å². The molecule has 1 unspecified atom stereocenters. The van der Waals surface area contributed by atoms with Crippen LogP contribution in [0.15, 0.2) is 18.2 Å². The molecule has 1 aliphatic heterocycles. The van der Waals surface area contributed by atoms with Crippen LogP contribution in [0.25, 0.3) is 0 Å². The van der Waals surface area contributed by atoms with Crippen LogP contribution < -0.4 is 5.32 Å². The van der Waals surface area contributed by atoms with Crippen LogP contribution in [-0.2, 0) is 9.47 Å². The summed E-state index contributed by atoms with van der Waals surface area (Å²) in [4.78, 5) is 12.2. The van der Waals surface area contributed by atoms with Crippen molar-refractivity contribution in [3.63, 3.8) is 0 Å². The minimum Gasteiger partial charge on any atom is -0.352 e. The van der Waals surface area contributed by atoms with Crippen LogP contribution >= 0.6 is 0 Å². The van der Waals surface area contributed by atoms with Crippen molar-refractivity contribution in [3.05, 3.63) is 34.9 Å². The van der Waals surface area contributed by atoms with E-state index in [4.69, 9.17) is 9.47 Å². The molecule has 1 atom stereocenters. The second-order valence-electron chi connectivity index (χ2n) is 6.74.